The summed E-state index contributed by atoms with van der Waals surface area (Å²) in [6.07, 6.45) is 3.01. The van der Waals surface area contributed by atoms with Crippen LogP contribution in [0.5, 0.6) is 0 Å². The zero-order valence-electron chi connectivity index (χ0n) is 12.4. The molecule has 9 heteroatoms. The van der Waals surface area contributed by atoms with Crippen LogP contribution in [-0.2, 0) is 10.0 Å². The van der Waals surface area contributed by atoms with E-state index in [2.05, 4.69) is 9.97 Å². The summed E-state index contributed by atoms with van der Waals surface area (Å²) in [5.74, 6) is 0.0807. The van der Waals surface area contributed by atoms with E-state index in [9.17, 15) is 12.8 Å². The van der Waals surface area contributed by atoms with Gasteiger partial charge in [-0.15, -0.1) is 0 Å². The van der Waals surface area contributed by atoms with Gasteiger partial charge < -0.3 is 5.73 Å². The molecule has 1 aromatic rings. The highest BCUT2D eigenvalue weighted by molar-refractivity contribution is 7.90. The summed E-state index contributed by atoms with van der Waals surface area (Å²) in [6.45, 7) is 1.68. The van der Waals surface area contributed by atoms with Gasteiger partial charge >= 0.3 is 0 Å². The Morgan fingerprint density at radius 2 is 2.22 bits per heavy atom. The molecule has 0 fully saturated rings. The number of alkyl halides is 1. The zero-order valence-corrected chi connectivity index (χ0v) is 13.2. The van der Waals surface area contributed by atoms with Gasteiger partial charge in [-0.1, -0.05) is 12.2 Å². The van der Waals surface area contributed by atoms with Crippen LogP contribution in [0.25, 0.3) is 5.57 Å². The average Bonchev–Trinajstić information content (AvgIpc) is 2.45. The molecule has 0 saturated carbocycles. The van der Waals surface area contributed by atoms with Crippen LogP contribution in [0.1, 0.15) is 24.1 Å². The second-order valence-corrected chi connectivity index (χ2v) is 7.10. The Morgan fingerprint density at radius 3 is 2.78 bits per heavy atom. The van der Waals surface area contributed by atoms with Crippen molar-refractivity contribution in [2.45, 2.75) is 30.7 Å². The molecule has 0 amide bonds. The topological polar surface area (TPSA) is 136 Å². The predicted octanol–water partition coefficient (Wildman–Crippen LogP) is 0.990. The fraction of sp³-hybridized carbons (Fsp3) is 0.357. The van der Waals surface area contributed by atoms with E-state index in [1.165, 1.54) is 18.3 Å². The van der Waals surface area contributed by atoms with Gasteiger partial charge in [0.05, 0.1) is 11.8 Å². The number of nitriles is 1. The van der Waals surface area contributed by atoms with Crippen molar-refractivity contribution < 1.29 is 12.8 Å². The molecule has 1 aliphatic rings. The minimum atomic E-state index is -4.29. The molecular formula is C14H16FN5O2S. The third kappa shape index (κ3) is 3.09. The molecule has 0 aromatic carbocycles. The fourth-order valence-corrected chi connectivity index (χ4v) is 3.59. The van der Waals surface area contributed by atoms with E-state index in [1.54, 1.807) is 6.92 Å². The molecule has 7 nitrogen and oxygen atoms in total. The maximum absolute atomic E-state index is 14.4. The van der Waals surface area contributed by atoms with Gasteiger partial charge in [-0.25, -0.2) is 27.9 Å². The third-order valence-corrected chi connectivity index (χ3v) is 5.38. The van der Waals surface area contributed by atoms with Crippen molar-refractivity contribution >= 4 is 21.5 Å². The maximum Gasteiger partial charge on any atom is 0.221 e. The molecule has 0 saturated heterocycles. The van der Waals surface area contributed by atoms with Crippen molar-refractivity contribution in [2.24, 2.45) is 5.14 Å². The Morgan fingerprint density at radius 1 is 1.52 bits per heavy atom. The van der Waals surface area contributed by atoms with E-state index in [0.717, 1.165) is 6.08 Å². The SMILES string of the molecule is Cc1nc(N)ncc1C1=CC(CCC#N)(S(N)(=O)=O)C(F)C=C1. The number of aromatic nitrogens is 2. The van der Waals surface area contributed by atoms with E-state index in [1.807, 2.05) is 6.07 Å². The number of allylic oxidation sites excluding steroid dienone is 3. The molecule has 0 radical (unpaired) electrons. The highest BCUT2D eigenvalue weighted by Crippen LogP contribution is 2.38. The summed E-state index contributed by atoms with van der Waals surface area (Å²) in [7, 11) is -4.29. The minimum Gasteiger partial charge on any atom is -0.368 e. The number of sulfonamides is 1. The molecule has 1 aromatic heterocycles. The van der Waals surface area contributed by atoms with Gasteiger partial charge in [0.25, 0.3) is 0 Å². The Labute approximate surface area is 133 Å². The Balaban J connectivity index is 2.61. The van der Waals surface area contributed by atoms with Gasteiger partial charge in [-0.05, 0) is 25.0 Å². The second kappa shape index (κ2) is 6.06. The summed E-state index contributed by atoms with van der Waals surface area (Å²) in [4.78, 5) is 7.88. The first-order chi connectivity index (χ1) is 10.7. The number of anilines is 1. The fourth-order valence-electron chi connectivity index (χ4n) is 2.52. The lowest BCUT2D eigenvalue weighted by Crippen LogP contribution is -2.49. The van der Waals surface area contributed by atoms with Crippen LogP contribution >= 0.6 is 0 Å². The van der Waals surface area contributed by atoms with Crippen LogP contribution in [0.3, 0.4) is 0 Å². The Bertz CT molecular complexity index is 828. The molecule has 2 rings (SSSR count). The molecule has 0 spiro atoms. The van der Waals surface area contributed by atoms with Gasteiger partial charge in [-0.3, -0.25) is 0 Å². The number of hydrogen-bond acceptors (Lipinski definition) is 6. The van der Waals surface area contributed by atoms with E-state index in [0.29, 0.717) is 16.8 Å². The molecule has 122 valence electrons. The normalized spacial score (nSPS) is 24.1. The highest BCUT2D eigenvalue weighted by Gasteiger charge is 2.48. The van der Waals surface area contributed by atoms with Crippen molar-refractivity contribution in [3.63, 3.8) is 0 Å². The molecule has 4 N–H and O–H groups in total. The largest absolute Gasteiger partial charge is 0.368 e. The van der Waals surface area contributed by atoms with E-state index >= 15 is 0 Å². The van der Waals surface area contributed by atoms with Gasteiger partial charge in [-0.2, -0.15) is 5.26 Å². The van der Waals surface area contributed by atoms with Crippen LogP contribution in [0.2, 0.25) is 0 Å². The van der Waals surface area contributed by atoms with Crippen LogP contribution in [0.15, 0.2) is 24.4 Å². The molecule has 0 bridgehead atoms. The zero-order chi connectivity index (χ0) is 17.3. The smallest absolute Gasteiger partial charge is 0.221 e. The highest BCUT2D eigenvalue weighted by atomic mass is 32.2. The third-order valence-electron chi connectivity index (χ3n) is 3.78. The van der Waals surface area contributed by atoms with Crippen LogP contribution < -0.4 is 10.9 Å². The number of aryl methyl sites for hydroxylation is 1. The lowest BCUT2D eigenvalue weighted by Gasteiger charge is -2.33. The quantitative estimate of drug-likeness (QED) is 0.841. The van der Waals surface area contributed by atoms with E-state index in [4.69, 9.17) is 16.1 Å². The lowest BCUT2D eigenvalue weighted by molar-refractivity contribution is 0.321. The summed E-state index contributed by atoms with van der Waals surface area (Å²) in [6, 6.07) is 1.82. The Hall–Kier alpha value is -2.31. The van der Waals surface area contributed by atoms with Crippen LogP contribution in [-0.4, -0.2) is 29.3 Å². The van der Waals surface area contributed by atoms with Crippen LogP contribution in [0.4, 0.5) is 10.3 Å². The molecule has 1 heterocycles. The number of hydrogen-bond donors (Lipinski definition) is 2. The van der Waals surface area contributed by atoms with Crippen molar-refractivity contribution in [2.75, 3.05) is 5.73 Å². The summed E-state index contributed by atoms with van der Waals surface area (Å²) in [5, 5.41) is 14.0. The lowest BCUT2D eigenvalue weighted by atomic mass is 9.87. The van der Waals surface area contributed by atoms with Gasteiger partial charge in [0.1, 0.15) is 10.9 Å². The molecule has 0 aliphatic heterocycles. The number of nitrogens with two attached hydrogens (primary N) is 2. The monoisotopic (exact) mass is 337 g/mol. The molecule has 2 atom stereocenters. The number of rotatable bonds is 4. The standard InChI is InChI=1S/C14H16FN5O2S/c1-9-11(8-19-13(17)20-9)10-3-4-12(15)14(7-10,5-2-6-16)23(18,21)22/h3-4,7-8,12H,2,5H2,1H3,(H2,17,19,20)(H2,18,21,22). The summed E-state index contributed by atoms with van der Waals surface area (Å²) >= 11 is 0. The summed E-state index contributed by atoms with van der Waals surface area (Å²) in [5.41, 5.74) is 6.96. The number of halogens is 1. The van der Waals surface area contributed by atoms with Crippen molar-refractivity contribution in [3.05, 3.63) is 35.7 Å². The van der Waals surface area contributed by atoms with Gasteiger partial charge in [0, 0.05) is 18.2 Å². The van der Waals surface area contributed by atoms with E-state index in [-0.39, 0.29) is 18.8 Å². The molecule has 2 unspecified atom stereocenters. The molecular weight excluding hydrogens is 321 g/mol. The van der Waals surface area contributed by atoms with Crippen molar-refractivity contribution in [3.8, 4) is 6.07 Å². The minimum absolute atomic E-state index is 0.0807. The van der Waals surface area contributed by atoms with Gasteiger partial charge in [0.15, 0.2) is 0 Å². The first-order valence-electron chi connectivity index (χ1n) is 6.75. The molecule has 1 aliphatic carbocycles. The number of nitrogen functional groups attached to an aromatic ring is 1. The second-order valence-electron chi connectivity index (χ2n) is 5.25. The molecule has 23 heavy (non-hydrogen) atoms. The van der Waals surface area contributed by atoms with Crippen molar-refractivity contribution in [1.82, 2.24) is 9.97 Å². The first-order valence-corrected chi connectivity index (χ1v) is 8.30. The maximum atomic E-state index is 14.4. The van der Waals surface area contributed by atoms with Crippen molar-refractivity contribution in [1.29, 1.82) is 5.26 Å². The number of primary sulfonamides is 1. The first kappa shape index (κ1) is 17.1. The van der Waals surface area contributed by atoms with E-state index < -0.39 is 20.9 Å². The predicted molar refractivity (Wildman–Crippen MR) is 83.9 cm³/mol. The average molecular weight is 337 g/mol. The number of nitrogens with zero attached hydrogens (tertiary/aromatic N) is 3. The summed E-state index contributed by atoms with van der Waals surface area (Å²) < 4.78 is 36.5. The van der Waals surface area contributed by atoms with Crippen LogP contribution in [0, 0.1) is 18.3 Å². The van der Waals surface area contributed by atoms with Gasteiger partial charge in [0.2, 0.25) is 16.0 Å². The Kier molecular flexibility index (Phi) is 4.49.